The average molecular weight is 392 g/mol. The number of nitrogens with one attached hydrogen (secondary N) is 1. The molecular weight excluding hydrogens is 367 g/mol. The number of carbonyl (C=O) groups excluding carboxylic acids is 1. The van der Waals surface area contributed by atoms with Gasteiger partial charge < -0.3 is 5.32 Å². The molecule has 146 valence electrons. The van der Waals surface area contributed by atoms with E-state index in [2.05, 4.69) is 5.32 Å². The number of hydrogen-bond acceptors (Lipinski definition) is 3. The molecule has 0 fully saturated rings. The molecule has 0 bridgehead atoms. The van der Waals surface area contributed by atoms with E-state index in [1.54, 1.807) is 0 Å². The zero-order valence-electron chi connectivity index (χ0n) is 16.2. The lowest BCUT2D eigenvalue weighted by Crippen LogP contribution is -2.48. The van der Waals surface area contributed by atoms with Crippen molar-refractivity contribution in [2.75, 3.05) is 10.6 Å². The van der Waals surface area contributed by atoms with Gasteiger partial charge in [0.25, 0.3) is 0 Å². The second-order valence-electron chi connectivity index (χ2n) is 6.80. The SMILES string of the molecule is Cc1ccc(C)c([C@H](C)NC(=O)[C@H](C)N(c2cccc(F)c2)S(C)(=O)=O)c1. The van der Waals surface area contributed by atoms with Crippen molar-refractivity contribution in [2.24, 2.45) is 0 Å². The van der Waals surface area contributed by atoms with Crippen molar-refractivity contribution in [1.82, 2.24) is 5.32 Å². The van der Waals surface area contributed by atoms with Crippen molar-refractivity contribution in [3.8, 4) is 0 Å². The van der Waals surface area contributed by atoms with E-state index in [1.807, 2.05) is 39.0 Å². The molecule has 0 spiro atoms. The van der Waals surface area contributed by atoms with Crippen molar-refractivity contribution in [2.45, 2.75) is 39.8 Å². The molecule has 0 aliphatic heterocycles. The summed E-state index contributed by atoms with van der Waals surface area (Å²) in [5.41, 5.74) is 3.18. The lowest BCUT2D eigenvalue weighted by Gasteiger charge is -2.29. The molecule has 1 amide bonds. The molecule has 0 unspecified atom stereocenters. The maximum absolute atomic E-state index is 13.6. The van der Waals surface area contributed by atoms with Crippen LogP contribution in [0.25, 0.3) is 0 Å². The molecule has 1 N–H and O–H groups in total. The van der Waals surface area contributed by atoms with Gasteiger partial charge >= 0.3 is 0 Å². The van der Waals surface area contributed by atoms with Crippen LogP contribution in [-0.4, -0.2) is 26.6 Å². The Morgan fingerprint density at radius 2 is 1.78 bits per heavy atom. The smallest absolute Gasteiger partial charge is 0.244 e. The van der Waals surface area contributed by atoms with Gasteiger partial charge in [-0.3, -0.25) is 9.10 Å². The van der Waals surface area contributed by atoms with E-state index in [-0.39, 0.29) is 11.7 Å². The van der Waals surface area contributed by atoms with E-state index in [9.17, 15) is 17.6 Å². The van der Waals surface area contributed by atoms with E-state index in [0.29, 0.717) is 0 Å². The molecule has 2 aromatic rings. The Labute approximate surface area is 160 Å². The first kappa shape index (κ1) is 20.9. The van der Waals surface area contributed by atoms with Gasteiger partial charge in [0.2, 0.25) is 15.9 Å². The number of nitrogens with zero attached hydrogens (tertiary/aromatic N) is 1. The van der Waals surface area contributed by atoms with Gasteiger partial charge in [-0.2, -0.15) is 0 Å². The Kier molecular flexibility index (Phi) is 6.26. The van der Waals surface area contributed by atoms with Crippen LogP contribution in [0, 0.1) is 19.7 Å². The molecule has 0 saturated heterocycles. The summed E-state index contributed by atoms with van der Waals surface area (Å²) in [6, 6.07) is 9.82. The topological polar surface area (TPSA) is 66.5 Å². The zero-order valence-corrected chi connectivity index (χ0v) is 17.0. The molecule has 2 rings (SSSR count). The minimum absolute atomic E-state index is 0.111. The molecule has 0 radical (unpaired) electrons. The highest BCUT2D eigenvalue weighted by molar-refractivity contribution is 7.92. The number of sulfonamides is 1. The second kappa shape index (κ2) is 8.08. The number of halogens is 1. The normalized spacial score (nSPS) is 13.7. The Morgan fingerprint density at radius 1 is 1.11 bits per heavy atom. The van der Waals surface area contributed by atoms with Crippen LogP contribution < -0.4 is 9.62 Å². The first-order chi connectivity index (χ1) is 12.5. The summed E-state index contributed by atoms with van der Waals surface area (Å²) < 4.78 is 39.0. The third kappa shape index (κ3) is 5.07. The fourth-order valence-electron chi connectivity index (χ4n) is 3.06. The summed E-state index contributed by atoms with van der Waals surface area (Å²) >= 11 is 0. The lowest BCUT2D eigenvalue weighted by molar-refractivity contribution is -0.122. The summed E-state index contributed by atoms with van der Waals surface area (Å²) in [6.45, 7) is 7.25. The van der Waals surface area contributed by atoms with Gasteiger partial charge in [-0.25, -0.2) is 12.8 Å². The highest BCUT2D eigenvalue weighted by Crippen LogP contribution is 2.23. The first-order valence-corrected chi connectivity index (χ1v) is 10.5. The molecule has 7 heteroatoms. The summed E-state index contributed by atoms with van der Waals surface area (Å²) in [4.78, 5) is 12.8. The van der Waals surface area contributed by atoms with Crippen LogP contribution in [-0.2, 0) is 14.8 Å². The van der Waals surface area contributed by atoms with Crippen molar-refractivity contribution >= 4 is 21.6 Å². The van der Waals surface area contributed by atoms with Gasteiger partial charge in [0.1, 0.15) is 11.9 Å². The van der Waals surface area contributed by atoms with Crippen LogP contribution in [0.4, 0.5) is 10.1 Å². The van der Waals surface area contributed by atoms with Crippen molar-refractivity contribution < 1.29 is 17.6 Å². The Balaban J connectivity index is 2.28. The molecule has 5 nitrogen and oxygen atoms in total. The van der Waals surface area contributed by atoms with Gasteiger partial charge in [-0.1, -0.05) is 29.8 Å². The zero-order chi connectivity index (χ0) is 20.4. The molecule has 0 aliphatic carbocycles. The third-order valence-electron chi connectivity index (χ3n) is 4.41. The van der Waals surface area contributed by atoms with Crippen LogP contribution >= 0.6 is 0 Å². The van der Waals surface area contributed by atoms with E-state index >= 15 is 0 Å². The second-order valence-corrected chi connectivity index (χ2v) is 8.66. The Bertz CT molecular complexity index is 944. The van der Waals surface area contributed by atoms with Crippen LogP contribution in [0.3, 0.4) is 0 Å². The van der Waals surface area contributed by atoms with Gasteiger partial charge in [-0.15, -0.1) is 0 Å². The average Bonchev–Trinajstić information content (AvgIpc) is 2.55. The first-order valence-electron chi connectivity index (χ1n) is 8.63. The Morgan fingerprint density at radius 3 is 2.37 bits per heavy atom. The largest absolute Gasteiger partial charge is 0.348 e. The minimum atomic E-state index is -3.79. The van der Waals surface area contributed by atoms with Crippen molar-refractivity contribution in [1.29, 1.82) is 0 Å². The number of rotatable bonds is 6. The van der Waals surface area contributed by atoms with Crippen molar-refractivity contribution in [3.05, 3.63) is 65.0 Å². The van der Waals surface area contributed by atoms with Gasteiger partial charge in [0, 0.05) is 0 Å². The fourth-order valence-corrected chi connectivity index (χ4v) is 4.23. The Hall–Kier alpha value is -2.41. The number of hydrogen-bond donors (Lipinski definition) is 1. The highest BCUT2D eigenvalue weighted by atomic mass is 32.2. The molecule has 0 saturated carbocycles. The number of anilines is 1. The van der Waals surface area contributed by atoms with E-state index in [1.165, 1.54) is 25.1 Å². The van der Waals surface area contributed by atoms with Gasteiger partial charge in [0.15, 0.2) is 0 Å². The summed E-state index contributed by atoms with van der Waals surface area (Å²) in [6.07, 6.45) is 0.996. The maximum Gasteiger partial charge on any atom is 0.244 e. The molecule has 2 aromatic carbocycles. The number of benzene rings is 2. The number of aryl methyl sites for hydroxylation is 2. The van der Waals surface area contributed by atoms with Crippen LogP contribution in [0.5, 0.6) is 0 Å². The molecule has 0 aliphatic rings. The highest BCUT2D eigenvalue weighted by Gasteiger charge is 2.30. The van der Waals surface area contributed by atoms with Crippen LogP contribution in [0.1, 0.15) is 36.6 Å². The third-order valence-corrected chi connectivity index (χ3v) is 5.65. The van der Waals surface area contributed by atoms with E-state index in [0.717, 1.165) is 33.3 Å². The predicted molar refractivity (Wildman–Crippen MR) is 106 cm³/mol. The monoisotopic (exact) mass is 392 g/mol. The maximum atomic E-state index is 13.6. The molecular formula is C20H25FN2O3S. The van der Waals surface area contributed by atoms with Gasteiger partial charge in [0.05, 0.1) is 18.0 Å². The number of amides is 1. The molecule has 27 heavy (non-hydrogen) atoms. The lowest BCUT2D eigenvalue weighted by atomic mass is 10.00. The van der Waals surface area contributed by atoms with E-state index < -0.39 is 27.8 Å². The van der Waals surface area contributed by atoms with Crippen molar-refractivity contribution in [3.63, 3.8) is 0 Å². The molecule has 0 heterocycles. The summed E-state index contributed by atoms with van der Waals surface area (Å²) in [5.74, 6) is -1.03. The van der Waals surface area contributed by atoms with E-state index in [4.69, 9.17) is 0 Å². The molecule has 0 aromatic heterocycles. The summed E-state index contributed by atoms with van der Waals surface area (Å²) in [5, 5.41) is 2.86. The predicted octanol–water partition coefficient (Wildman–Crippen LogP) is 3.47. The fraction of sp³-hybridized carbons (Fsp3) is 0.350. The minimum Gasteiger partial charge on any atom is -0.348 e. The molecule has 2 atom stereocenters. The number of carbonyl (C=O) groups is 1. The summed E-state index contributed by atoms with van der Waals surface area (Å²) in [7, 11) is -3.79. The quantitative estimate of drug-likeness (QED) is 0.819. The van der Waals surface area contributed by atoms with Gasteiger partial charge in [-0.05, 0) is 57.0 Å². The van der Waals surface area contributed by atoms with Crippen LogP contribution in [0.2, 0.25) is 0 Å². The van der Waals surface area contributed by atoms with Crippen LogP contribution in [0.15, 0.2) is 42.5 Å². The standard InChI is InChI=1S/C20H25FN2O3S/c1-13-9-10-14(2)19(11-13)15(3)22-20(24)16(4)23(27(5,25)26)18-8-6-7-17(21)12-18/h6-12,15-16H,1-5H3,(H,22,24)/t15-,16-/m0/s1.